The molecule has 9 unspecified atom stereocenters. The number of imide groups is 2. The van der Waals surface area contributed by atoms with Crippen molar-refractivity contribution in [3.8, 4) is 0 Å². The van der Waals surface area contributed by atoms with Crippen LogP contribution in [0.15, 0.2) is 54.1 Å². The predicted molar refractivity (Wildman–Crippen MR) is 262 cm³/mol. The molecule has 68 heavy (non-hydrogen) atoms. The van der Waals surface area contributed by atoms with Crippen LogP contribution in [0.5, 0.6) is 0 Å². The highest BCUT2D eigenvalue weighted by Crippen LogP contribution is 2.31. The Kier molecular flexibility index (Phi) is 22.0. The number of ether oxygens (including phenoxy) is 2. The molecule has 16 nitrogen and oxygen atoms in total. The number of rotatable bonds is 27. The summed E-state index contributed by atoms with van der Waals surface area (Å²) in [5, 5.41) is 8.58. The summed E-state index contributed by atoms with van der Waals surface area (Å²) >= 11 is 1.49. The number of thiazole rings is 1. The zero-order chi connectivity index (χ0) is 50.2. The number of amides is 7. The molecule has 1 aromatic heterocycles. The van der Waals surface area contributed by atoms with E-state index in [-0.39, 0.29) is 78.8 Å². The quantitative estimate of drug-likeness (QED) is 0.0842. The summed E-state index contributed by atoms with van der Waals surface area (Å²) in [4.78, 5) is 105. The molecule has 1 saturated heterocycles. The van der Waals surface area contributed by atoms with Gasteiger partial charge in [0.25, 0.3) is 11.8 Å². The lowest BCUT2D eigenvalue weighted by Gasteiger charge is -2.43. The first kappa shape index (κ1) is 55.8. The molecule has 376 valence electrons. The van der Waals surface area contributed by atoms with Crippen LogP contribution in [0.1, 0.15) is 116 Å². The molecule has 0 saturated carbocycles. The van der Waals surface area contributed by atoms with Crippen molar-refractivity contribution in [3.63, 3.8) is 0 Å². The van der Waals surface area contributed by atoms with E-state index < -0.39 is 48.1 Å². The number of carbonyl (C=O) groups excluding carboxylic acids is 7. The Balaban J connectivity index is 1.43. The van der Waals surface area contributed by atoms with Crippen LogP contribution in [-0.2, 0) is 49.5 Å². The van der Waals surface area contributed by atoms with Crippen LogP contribution in [0.25, 0.3) is 0 Å². The number of likely N-dealkylation sites (N-methyl/N-ethyl adjacent to an activating group) is 2. The second-order valence-corrected chi connectivity index (χ2v) is 20.1. The third kappa shape index (κ3) is 14.6. The van der Waals surface area contributed by atoms with Gasteiger partial charge in [-0.1, -0.05) is 91.6 Å². The van der Waals surface area contributed by atoms with Crippen LogP contribution in [0, 0.1) is 23.7 Å². The van der Waals surface area contributed by atoms with Crippen LogP contribution in [0.2, 0.25) is 0 Å². The first-order valence-corrected chi connectivity index (χ1v) is 25.2. The van der Waals surface area contributed by atoms with Crippen molar-refractivity contribution in [2.24, 2.45) is 23.7 Å². The molecule has 2 aliphatic heterocycles. The number of hydrogen-bond donors (Lipinski definition) is 2. The van der Waals surface area contributed by atoms with Crippen molar-refractivity contribution in [3.05, 3.63) is 64.6 Å². The summed E-state index contributed by atoms with van der Waals surface area (Å²) in [5.41, 5.74) is 1.07. The van der Waals surface area contributed by atoms with Gasteiger partial charge in [-0.3, -0.25) is 48.7 Å². The lowest BCUT2D eigenvalue weighted by molar-refractivity contribution is -0.146. The van der Waals surface area contributed by atoms with Crippen molar-refractivity contribution in [2.75, 3.05) is 41.4 Å². The number of methoxy groups -OCH3 is 2. The van der Waals surface area contributed by atoms with Gasteiger partial charge in [0, 0.05) is 70.5 Å². The predicted octanol–water partition coefficient (Wildman–Crippen LogP) is 5.57. The summed E-state index contributed by atoms with van der Waals surface area (Å²) in [6.07, 6.45) is 7.57. The largest absolute Gasteiger partial charge is 0.379 e. The van der Waals surface area contributed by atoms with Crippen LogP contribution in [0.3, 0.4) is 0 Å². The molecule has 0 aliphatic carbocycles. The van der Waals surface area contributed by atoms with Gasteiger partial charge < -0.3 is 24.6 Å². The molecule has 0 radical (unpaired) electrons. The zero-order valence-electron chi connectivity index (χ0n) is 42.1. The first-order chi connectivity index (χ1) is 32.4. The molecule has 2 aromatic rings. The Labute approximate surface area is 407 Å². The third-order valence-corrected chi connectivity index (χ3v) is 14.6. The number of carbonyl (C=O) groups is 7. The second kappa shape index (κ2) is 26.8. The third-order valence-electron chi connectivity index (χ3n) is 13.8. The highest BCUT2D eigenvalue weighted by Gasteiger charge is 2.44. The summed E-state index contributed by atoms with van der Waals surface area (Å²) in [5.74, 6) is -3.54. The topological polar surface area (TPSA) is 188 Å². The Bertz CT molecular complexity index is 2000. The first-order valence-electron chi connectivity index (χ1n) is 24.3. The Hall–Kier alpha value is -4.84. The monoisotopic (exact) mass is 964 g/mol. The number of nitrogens with one attached hydrogen (secondary N) is 2. The fourth-order valence-electron chi connectivity index (χ4n) is 10.00. The lowest BCUT2D eigenvalue weighted by Crippen LogP contribution is -2.60. The van der Waals surface area contributed by atoms with Crippen LogP contribution < -0.4 is 10.6 Å². The Morgan fingerprint density at radius 3 is 2.09 bits per heavy atom. The number of benzene rings is 1. The Morgan fingerprint density at radius 1 is 0.868 bits per heavy atom. The summed E-state index contributed by atoms with van der Waals surface area (Å²) in [7, 11) is 6.55. The minimum atomic E-state index is -0.919. The van der Waals surface area contributed by atoms with Gasteiger partial charge in [-0.05, 0) is 62.5 Å². The van der Waals surface area contributed by atoms with Crippen molar-refractivity contribution in [2.45, 2.75) is 149 Å². The van der Waals surface area contributed by atoms with E-state index in [0.717, 1.165) is 23.4 Å². The van der Waals surface area contributed by atoms with E-state index in [1.165, 1.54) is 33.3 Å². The standard InChI is InChI=1S/C51H77N7O9S/c1-12-34(6)46(56(9)45(33(4)5)50(65)54-49(64)44(32(2)3)55(8)40(59)23-17-14-18-27-58-41(60)24-25-42(58)61)39(66-10)31-43(62)57-28-19-22-38(57)47(67-11)35(7)48(63)53-37(51-52-26-29-68-51)30-36-20-15-13-16-21-36/h13,15-16,20-21,24-26,29,32-35,37-39,44-47H,12,14,17-19,22-23,27-28,30-31H2,1-11H3,(H,53,63)(H,54,64,65). The molecule has 4 rings (SSSR count). The molecule has 7 amide bonds. The van der Waals surface area contributed by atoms with E-state index in [0.29, 0.717) is 38.6 Å². The fourth-order valence-corrected chi connectivity index (χ4v) is 10.7. The molecule has 3 heterocycles. The minimum absolute atomic E-state index is 0.0198. The van der Waals surface area contributed by atoms with Gasteiger partial charge in [0.05, 0.1) is 42.7 Å². The second-order valence-electron chi connectivity index (χ2n) is 19.1. The summed E-state index contributed by atoms with van der Waals surface area (Å²) in [6.45, 7) is 14.2. The maximum absolute atomic E-state index is 14.5. The number of nitrogens with zero attached hydrogens (tertiary/aromatic N) is 5. The van der Waals surface area contributed by atoms with Crippen molar-refractivity contribution in [1.82, 2.24) is 35.2 Å². The maximum atomic E-state index is 14.5. The molecule has 1 aromatic carbocycles. The Morgan fingerprint density at radius 2 is 1.51 bits per heavy atom. The zero-order valence-corrected chi connectivity index (χ0v) is 43.0. The van der Waals surface area contributed by atoms with Crippen LogP contribution in [-0.4, -0.2) is 144 Å². The molecule has 9 atom stereocenters. The van der Waals surface area contributed by atoms with Crippen molar-refractivity contribution >= 4 is 52.7 Å². The minimum Gasteiger partial charge on any atom is -0.379 e. The van der Waals surface area contributed by atoms with E-state index in [2.05, 4.69) is 22.5 Å². The van der Waals surface area contributed by atoms with E-state index in [1.807, 2.05) is 94.1 Å². The van der Waals surface area contributed by atoms with E-state index in [4.69, 9.17) is 9.47 Å². The van der Waals surface area contributed by atoms with E-state index in [1.54, 1.807) is 27.5 Å². The lowest BCUT2D eigenvalue weighted by atomic mass is 9.87. The van der Waals surface area contributed by atoms with Gasteiger partial charge in [-0.15, -0.1) is 11.3 Å². The molecule has 1 fully saturated rings. The van der Waals surface area contributed by atoms with E-state index in [9.17, 15) is 33.6 Å². The van der Waals surface area contributed by atoms with Crippen molar-refractivity contribution in [1.29, 1.82) is 0 Å². The average Bonchev–Trinajstić information content (AvgIpc) is 4.09. The van der Waals surface area contributed by atoms with Gasteiger partial charge in [0.15, 0.2) is 0 Å². The molecular weight excluding hydrogens is 887 g/mol. The van der Waals surface area contributed by atoms with Crippen molar-refractivity contribution < 1.29 is 43.0 Å². The number of likely N-dealkylation sites (tertiary alicyclic amines) is 1. The van der Waals surface area contributed by atoms with Gasteiger partial charge in [-0.2, -0.15) is 0 Å². The smallest absolute Gasteiger partial charge is 0.253 e. The highest BCUT2D eigenvalue weighted by molar-refractivity contribution is 7.09. The number of hydrogen-bond acceptors (Lipinski definition) is 12. The average molecular weight is 964 g/mol. The molecule has 0 spiro atoms. The highest BCUT2D eigenvalue weighted by atomic mass is 32.1. The molecule has 0 bridgehead atoms. The molecule has 2 N–H and O–H groups in total. The van der Waals surface area contributed by atoms with Gasteiger partial charge >= 0.3 is 0 Å². The molecular formula is C51H77N7O9S. The van der Waals surface area contributed by atoms with Gasteiger partial charge in [0.2, 0.25) is 29.5 Å². The summed E-state index contributed by atoms with van der Waals surface area (Å²) < 4.78 is 12.2. The number of unbranched alkanes of at least 4 members (excludes halogenated alkanes) is 2. The van der Waals surface area contributed by atoms with Gasteiger partial charge in [0.1, 0.15) is 11.0 Å². The van der Waals surface area contributed by atoms with Gasteiger partial charge in [-0.25, -0.2) is 4.98 Å². The maximum Gasteiger partial charge on any atom is 0.253 e. The van der Waals surface area contributed by atoms with Crippen LogP contribution >= 0.6 is 11.3 Å². The fraction of sp³-hybridized carbons (Fsp3) is 0.647. The van der Waals surface area contributed by atoms with Crippen LogP contribution in [0.4, 0.5) is 0 Å². The SMILES string of the molecule is CCC(C)C(C(CC(=O)N1CCCC1C(OC)C(C)C(=O)NC(Cc1ccccc1)c1nccs1)OC)N(C)C(C(=O)NC(=O)C(C(C)C)N(C)C(=O)CCCCCN1C(=O)C=CC1=O)C(C)C. The number of aromatic nitrogens is 1. The normalized spacial score (nSPS) is 18.6. The molecule has 17 heteroatoms. The van der Waals surface area contributed by atoms with E-state index >= 15 is 0 Å². The molecule has 2 aliphatic rings. The summed E-state index contributed by atoms with van der Waals surface area (Å²) in [6, 6.07) is 7.14.